The van der Waals surface area contributed by atoms with Gasteiger partial charge in [-0.05, 0) is 19.1 Å². The van der Waals surface area contributed by atoms with Gasteiger partial charge in [-0.25, -0.2) is 0 Å². The number of carbonyl (C=O) groups is 1. The van der Waals surface area contributed by atoms with E-state index in [-0.39, 0.29) is 0 Å². The predicted molar refractivity (Wildman–Crippen MR) is 40.0 cm³/mol. The van der Waals surface area contributed by atoms with Gasteiger partial charge in [0.05, 0.1) is 12.5 Å². The summed E-state index contributed by atoms with van der Waals surface area (Å²) in [6.07, 6.45) is 3.25. The zero-order valence-corrected chi connectivity index (χ0v) is 6.23. The van der Waals surface area contributed by atoms with Gasteiger partial charge in [-0.3, -0.25) is 4.79 Å². The van der Waals surface area contributed by atoms with E-state index in [4.69, 9.17) is 10.8 Å². The summed E-state index contributed by atoms with van der Waals surface area (Å²) in [5.41, 5.74) is 4.84. The normalized spacial score (nSPS) is 11.1. The van der Waals surface area contributed by atoms with E-state index < -0.39 is 12.0 Å². The molecule has 62 valence electrons. The first-order valence-corrected chi connectivity index (χ1v) is 3.10. The molecule has 0 unspecified atom stereocenters. The number of carboxylic acid groups (broad SMARTS) is 1. The fourth-order valence-corrected chi connectivity index (χ4v) is 0.227. The van der Waals surface area contributed by atoms with E-state index in [1.54, 1.807) is 12.5 Å². The van der Waals surface area contributed by atoms with Crippen LogP contribution in [0.4, 0.5) is 0 Å². The average molecular weight is 157 g/mol. The molecule has 0 bridgehead atoms. The van der Waals surface area contributed by atoms with Crippen molar-refractivity contribution in [3.8, 4) is 0 Å². The minimum Gasteiger partial charge on any atom is -0.480 e. The van der Waals surface area contributed by atoms with Gasteiger partial charge in [0, 0.05) is 0 Å². The van der Waals surface area contributed by atoms with Gasteiger partial charge in [-0.15, -0.1) is 0 Å². The number of carboxylic acids is 1. The highest BCUT2D eigenvalue weighted by Crippen LogP contribution is 1.79. The lowest BCUT2D eigenvalue weighted by atomic mass is 10.4. The summed E-state index contributed by atoms with van der Waals surface area (Å²) < 4.78 is 4.58. The number of hydrogen-bond donors (Lipinski definition) is 2. The minimum absolute atomic E-state index is 0.731. The first-order valence-electron chi connectivity index (χ1n) is 3.10. The van der Waals surface area contributed by atoms with E-state index in [0.29, 0.717) is 0 Å². The highest BCUT2D eigenvalue weighted by atomic mass is 16.4. The number of aliphatic carboxylic acids is 1. The van der Waals surface area contributed by atoms with Crippen molar-refractivity contribution >= 4 is 5.97 Å². The topological polar surface area (TPSA) is 76.5 Å². The van der Waals surface area contributed by atoms with Gasteiger partial charge >= 0.3 is 5.97 Å². The largest absolute Gasteiger partial charge is 0.480 e. The molecule has 4 heteroatoms. The van der Waals surface area contributed by atoms with Crippen LogP contribution >= 0.6 is 0 Å². The zero-order valence-electron chi connectivity index (χ0n) is 6.23. The second-order valence-electron chi connectivity index (χ2n) is 1.92. The van der Waals surface area contributed by atoms with Gasteiger partial charge in [0.25, 0.3) is 0 Å². The lowest BCUT2D eigenvalue weighted by molar-refractivity contribution is -0.138. The van der Waals surface area contributed by atoms with E-state index in [1.807, 2.05) is 12.1 Å². The third-order valence-electron chi connectivity index (χ3n) is 0.815. The van der Waals surface area contributed by atoms with Crippen molar-refractivity contribution in [1.82, 2.24) is 0 Å². The van der Waals surface area contributed by atoms with E-state index in [1.165, 1.54) is 6.92 Å². The molecule has 0 aliphatic rings. The van der Waals surface area contributed by atoms with Gasteiger partial charge in [0.1, 0.15) is 6.04 Å². The SMILES string of the molecule is C[C@H](N)C(=O)O.c1ccoc1. The Balaban J connectivity index is 0.000000183. The maximum absolute atomic E-state index is 9.57. The zero-order chi connectivity index (χ0) is 8.69. The van der Waals surface area contributed by atoms with Crippen molar-refractivity contribution < 1.29 is 14.3 Å². The van der Waals surface area contributed by atoms with Crippen LogP contribution in [0.25, 0.3) is 0 Å². The Morgan fingerprint density at radius 3 is 2.00 bits per heavy atom. The van der Waals surface area contributed by atoms with E-state index in [2.05, 4.69) is 4.42 Å². The Bertz CT molecular complexity index is 164. The van der Waals surface area contributed by atoms with Crippen LogP contribution in [0, 0.1) is 0 Å². The van der Waals surface area contributed by atoms with Crippen molar-refractivity contribution in [2.75, 3.05) is 0 Å². The Morgan fingerprint density at radius 1 is 1.55 bits per heavy atom. The standard InChI is InChI=1S/C4H4O.C3H7NO2/c1-2-4-5-3-1;1-2(4)3(5)6/h1-4H;2H,4H2,1H3,(H,5,6)/t;2-/m.0/s1. The van der Waals surface area contributed by atoms with Gasteiger partial charge in [-0.1, -0.05) is 0 Å². The number of furan rings is 1. The average Bonchev–Trinajstić information content (AvgIpc) is 2.41. The predicted octanol–water partition coefficient (Wildman–Crippen LogP) is 0.698. The molecule has 1 aromatic rings. The molecule has 1 heterocycles. The summed E-state index contributed by atoms with van der Waals surface area (Å²) in [6, 6.07) is 2.94. The van der Waals surface area contributed by atoms with Crippen LogP contribution in [-0.4, -0.2) is 17.1 Å². The smallest absolute Gasteiger partial charge is 0.320 e. The van der Waals surface area contributed by atoms with Crippen molar-refractivity contribution in [2.45, 2.75) is 13.0 Å². The number of rotatable bonds is 1. The molecule has 0 spiro atoms. The highest BCUT2D eigenvalue weighted by molar-refractivity contribution is 5.72. The lowest BCUT2D eigenvalue weighted by Crippen LogP contribution is -2.25. The second-order valence-corrected chi connectivity index (χ2v) is 1.92. The van der Waals surface area contributed by atoms with Crippen LogP contribution in [0.15, 0.2) is 29.1 Å². The first kappa shape index (κ1) is 9.71. The summed E-state index contributed by atoms with van der Waals surface area (Å²) in [5, 5.41) is 7.87. The number of hydrogen-bond acceptors (Lipinski definition) is 3. The van der Waals surface area contributed by atoms with Crippen molar-refractivity contribution in [2.24, 2.45) is 5.73 Å². The summed E-state index contributed by atoms with van der Waals surface area (Å²) in [4.78, 5) is 9.57. The van der Waals surface area contributed by atoms with E-state index in [0.717, 1.165) is 0 Å². The fraction of sp³-hybridized carbons (Fsp3) is 0.286. The van der Waals surface area contributed by atoms with Crippen molar-refractivity contribution in [3.63, 3.8) is 0 Å². The summed E-state index contributed by atoms with van der Waals surface area (Å²) in [7, 11) is 0. The van der Waals surface area contributed by atoms with Gasteiger partial charge in [0.2, 0.25) is 0 Å². The van der Waals surface area contributed by atoms with Crippen LogP contribution < -0.4 is 5.73 Å². The Kier molecular flexibility index (Phi) is 4.85. The molecular formula is C7H11NO3. The molecule has 0 saturated heterocycles. The molecule has 4 nitrogen and oxygen atoms in total. The summed E-state index contributed by atoms with van der Waals surface area (Å²) in [6.45, 7) is 1.42. The van der Waals surface area contributed by atoms with Gasteiger partial charge in [0.15, 0.2) is 0 Å². The molecule has 1 aromatic heterocycles. The minimum atomic E-state index is -0.963. The maximum atomic E-state index is 9.57. The van der Waals surface area contributed by atoms with Crippen LogP contribution in [0.2, 0.25) is 0 Å². The molecular weight excluding hydrogens is 146 g/mol. The van der Waals surface area contributed by atoms with Crippen molar-refractivity contribution in [1.29, 1.82) is 0 Å². The molecule has 0 aliphatic heterocycles. The van der Waals surface area contributed by atoms with Crippen LogP contribution in [-0.2, 0) is 4.79 Å². The first-order chi connectivity index (χ1) is 5.14. The molecule has 0 aromatic carbocycles. The summed E-state index contributed by atoms with van der Waals surface area (Å²) in [5.74, 6) is -0.963. The Labute approximate surface area is 64.6 Å². The summed E-state index contributed by atoms with van der Waals surface area (Å²) >= 11 is 0. The van der Waals surface area contributed by atoms with Crippen LogP contribution in [0.3, 0.4) is 0 Å². The molecule has 0 fully saturated rings. The Morgan fingerprint density at radius 2 is 1.91 bits per heavy atom. The number of nitrogens with two attached hydrogens (primary N) is 1. The Hall–Kier alpha value is -1.29. The molecule has 0 radical (unpaired) electrons. The monoisotopic (exact) mass is 157 g/mol. The molecule has 3 N–H and O–H groups in total. The van der Waals surface area contributed by atoms with Crippen LogP contribution in [0.5, 0.6) is 0 Å². The third kappa shape index (κ3) is 6.60. The quantitative estimate of drug-likeness (QED) is 0.629. The fourth-order valence-electron chi connectivity index (χ4n) is 0.227. The molecule has 0 saturated carbocycles. The third-order valence-corrected chi connectivity index (χ3v) is 0.815. The van der Waals surface area contributed by atoms with Crippen LogP contribution in [0.1, 0.15) is 6.92 Å². The van der Waals surface area contributed by atoms with E-state index >= 15 is 0 Å². The molecule has 0 aliphatic carbocycles. The molecule has 0 amide bonds. The highest BCUT2D eigenvalue weighted by Gasteiger charge is 1.99. The lowest BCUT2D eigenvalue weighted by Gasteiger charge is -1.90. The van der Waals surface area contributed by atoms with Gasteiger partial charge < -0.3 is 15.3 Å². The van der Waals surface area contributed by atoms with Crippen molar-refractivity contribution in [3.05, 3.63) is 24.7 Å². The maximum Gasteiger partial charge on any atom is 0.320 e. The van der Waals surface area contributed by atoms with E-state index in [9.17, 15) is 4.79 Å². The molecule has 1 atom stereocenters. The molecule has 1 rings (SSSR count). The molecule has 11 heavy (non-hydrogen) atoms. The van der Waals surface area contributed by atoms with Gasteiger partial charge in [-0.2, -0.15) is 0 Å². The second kappa shape index (κ2) is 5.49.